The fourth-order valence-corrected chi connectivity index (χ4v) is 1.83. The summed E-state index contributed by atoms with van der Waals surface area (Å²) in [5.74, 6) is 0.299. The van der Waals surface area contributed by atoms with E-state index in [-0.39, 0.29) is 5.41 Å². The maximum absolute atomic E-state index is 12.0. The molecule has 16 heavy (non-hydrogen) atoms. The van der Waals surface area contributed by atoms with Crippen LogP contribution in [-0.4, -0.2) is 12.3 Å². The van der Waals surface area contributed by atoms with Crippen LogP contribution in [0.2, 0.25) is 0 Å². The minimum atomic E-state index is -0.271. The smallest absolute Gasteiger partial charge is 0.144 e. The van der Waals surface area contributed by atoms with E-state index in [0.29, 0.717) is 18.7 Å². The van der Waals surface area contributed by atoms with Crippen LogP contribution in [-0.2, 0) is 4.79 Å². The number of nitrogens with one attached hydrogen (secondary N) is 1. The van der Waals surface area contributed by atoms with Crippen LogP contribution in [0.5, 0.6) is 0 Å². The van der Waals surface area contributed by atoms with Crippen molar-refractivity contribution in [1.29, 1.82) is 0 Å². The second kappa shape index (κ2) is 4.12. The molecule has 1 aromatic carbocycles. The van der Waals surface area contributed by atoms with Crippen LogP contribution in [0.3, 0.4) is 0 Å². The molecule has 2 rings (SSSR count). The van der Waals surface area contributed by atoms with Gasteiger partial charge in [-0.05, 0) is 11.1 Å². The van der Waals surface area contributed by atoms with Gasteiger partial charge in [-0.2, -0.15) is 0 Å². The summed E-state index contributed by atoms with van der Waals surface area (Å²) >= 11 is 0. The van der Waals surface area contributed by atoms with Crippen molar-refractivity contribution in [3.63, 3.8) is 0 Å². The maximum atomic E-state index is 12.0. The molecule has 2 heteroatoms. The summed E-state index contributed by atoms with van der Waals surface area (Å²) in [7, 11) is 0. The van der Waals surface area contributed by atoms with Crippen molar-refractivity contribution in [3.8, 4) is 0 Å². The molecule has 0 fully saturated rings. The van der Waals surface area contributed by atoms with Crippen molar-refractivity contribution in [2.45, 2.75) is 20.3 Å². The molecule has 1 N–H and O–H groups in total. The fraction of sp³-hybridized carbons (Fsp3) is 0.357. The summed E-state index contributed by atoms with van der Waals surface area (Å²) < 4.78 is 0. The van der Waals surface area contributed by atoms with Gasteiger partial charge < -0.3 is 5.32 Å². The summed E-state index contributed by atoms with van der Waals surface area (Å²) in [5, 5.41) is 3.23. The lowest BCUT2D eigenvalue weighted by molar-refractivity contribution is -0.125. The Hall–Kier alpha value is -1.57. The SMILES string of the molecule is CC1(C)CNC=C(c2ccccc2)CC1=O. The molecule has 0 atom stereocenters. The number of allylic oxidation sites excluding steroid dienone is 1. The Labute approximate surface area is 96.4 Å². The van der Waals surface area contributed by atoms with Gasteiger partial charge in [-0.25, -0.2) is 0 Å². The van der Waals surface area contributed by atoms with Gasteiger partial charge in [0.05, 0.1) is 0 Å². The Bertz CT molecular complexity index is 418. The monoisotopic (exact) mass is 215 g/mol. The largest absolute Gasteiger partial charge is 0.390 e. The zero-order valence-corrected chi connectivity index (χ0v) is 9.79. The average molecular weight is 215 g/mol. The Morgan fingerprint density at radius 1 is 1.19 bits per heavy atom. The molecule has 1 heterocycles. The normalized spacial score (nSPS) is 19.6. The summed E-state index contributed by atoms with van der Waals surface area (Å²) in [6.07, 6.45) is 2.49. The number of ketones is 1. The first-order valence-corrected chi connectivity index (χ1v) is 5.61. The van der Waals surface area contributed by atoms with Crippen molar-refractivity contribution in [2.75, 3.05) is 6.54 Å². The molecule has 1 aliphatic heterocycles. The molecule has 0 radical (unpaired) electrons. The highest BCUT2D eigenvalue weighted by atomic mass is 16.1. The van der Waals surface area contributed by atoms with Crippen molar-refractivity contribution < 1.29 is 4.79 Å². The van der Waals surface area contributed by atoms with E-state index >= 15 is 0 Å². The van der Waals surface area contributed by atoms with Gasteiger partial charge in [0.25, 0.3) is 0 Å². The number of Topliss-reactive ketones (excluding diaryl/α,β-unsaturated/α-hetero) is 1. The van der Waals surface area contributed by atoms with E-state index in [2.05, 4.69) is 5.32 Å². The fourth-order valence-electron chi connectivity index (χ4n) is 1.83. The number of benzene rings is 1. The van der Waals surface area contributed by atoms with Crippen molar-refractivity contribution >= 4 is 11.4 Å². The second-order valence-electron chi connectivity index (χ2n) is 4.90. The summed E-state index contributed by atoms with van der Waals surface area (Å²) in [6.45, 7) is 4.69. The Morgan fingerprint density at radius 3 is 2.56 bits per heavy atom. The Kier molecular flexibility index (Phi) is 2.82. The highest BCUT2D eigenvalue weighted by Crippen LogP contribution is 2.27. The van der Waals surface area contributed by atoms with E-state index < -0.39 is 0 Å². The van der Waals surface area contributed by atoms with Crippen LogP contribution >= 0.6 is 0 Å². The number of carbonyl (C=O) groups excluding carboxylic acids is 1. The van der Waals surface area contributed by atoms with Gasteiger partial charge in [-0.15, -0.1) is 0 Å². The molecule has 0 aromatic heterocycles. The van der Waals surface area contributed by atoms with Crippen LogP contribution in [0, 0.1) is 5.41 Å². The van der Waals surface area contributed by atoms with Crippen LogP contribution < -0.4 is 5.32 Å². The second-order valence-corrected chi connectivity index (χ2v) is 4.90. The molecule has 0 saturated heterocycles. The minimum absolute atomic E-state index is 0.271. The predicted octanol–water partition coefficient (Wildman–Crippen LogP) is 2.62. The highest BCUT2D eigenvalue weighted by molar-refractivity contribution is 5.94. The van der Waals surface area contributed by atoms with E-state index in [0.717, 1.165) is 11.1 Å². The van der Waals surface area contributed by atoms with E-state index in [9.17, 15) is 4.79 Å². The van der Waals surface area contributed by atoms with Crippen LogP contribution in [0.15, 0.2) is 36.5 Å². The standard InChI is InChI=1S/C14H17NO/c1-14(2)10-15-9-12(8-13(14)16)11-6-4-3-5-7-11/h3-7,9,15H,8,10H2,1-2H3. The zero-order valence-electron chi connectivity index (χ0n) is 9.79. The number of rotatable bonds is 1. The van der Waals surface area contributed by atoms with E-state index in [1.165, 1.54) is 0 Å². The third-order valence-electron chi connectivity index (χ3n) is 3.07. The van der Waals surface area contributed by atoms with Crippen LogP contribution in [0.4, 0.5) is 0 Å². The van der Waals surface area contributed by atoms with E-state index in [1.54, 1.807) is 0 Å². The van der Waals surface area contributed by atoms with Crippen molar-refractivity contribution in [1.82, 2.24) is 5.32 Å². The highest BCUT2D eigenvalue weighted by Gasteiger charge is 2.29. The van der Waals surface area contributed by atoms with Gasteiger partial charge in [0.2, 0.25) is 0 Å². The van der Waals surface area contributed by atoms with Crippen molar-refractivity contribution in [3.05, 3.63) is 42.1 Å². The molecular weight excluding hydrogens is 198 g/mol. The lowest BCUT2D eigenvalue weighted by Crippen LogP contribution is -2.32. The van der Waals surface area contributed by atoms with E-state index in [1.807, 2.05) is 50.4 Å². The van der Waals surface area contributed by atoms with Gasteiger partial charge in [0, 0.05) is 24.6 Å². The van der Waals surface area contributed by atoms with Crippen molar-refractivity contribution in [2.24, 2.45) is 5.41 Å². The first kappa shape index (κ1) is 10.9. The third kappa shape index (κ3) is 2.16. The van der Waals surface area contributed by atoms with Crippen LogP contribution in [0.1, 0.15) is 25.8 Å². The van der Waals surface area contributed by atoms with Gasteiger partial charge in [0.1, 0.15) is 5.78 Å². The predicted molar refractivity (Wildman–Crippen MR) is 65.8 cm³/mol. The summed E-state index contributed by atoms with van der Waals surface area (Å²) in [6, 6.07) is 10.1. The molecule has 0 bridgehead atoms. The molecule has 0 spiro atoms. The summed E-state index contributed by atoms with van der Waals surface area (Å²) in [4.78, 5) is 12.0. The van der Waals surface area contributed by atoms with E-state index in [4.69, 9.17) is 0 Å². The number of carbonyl (C=O) groups is 1. The molecule has 2 nitrogen and oxygen atoms in total. The zero-order chi connectivity index (χ0) is 11.6. The number of hydrogen-bond donors (Lipinski definition) is 1. The van der Waals surface area contributed by atoms with Gasteiger partial charge in [0.15, 0.2) is 0 Å². The molecular formula is C14H17NO. The molecule has 84 valence electrons. The lowest BCUT2D eigenvalue weighted by Gasteiger charge is -2.20. The first-order valence-electron chi connectivity index (χ1n) is 5.61. The number of hydrogen-bond acceptors (Lipinski definition) is 2. The van der Waals surface area contributed by atoms with Gasteiger partial charge in [-0.3, -0.25) is 4.79 Å². The molecule has 0 aliphatic carbocycles. The molecule has 1 aromatic rings. The summed E-state index contributed by atoms with van der Waals surface area (Å²) in [5.41, 5.74) is 1.93. The third-order valence-corrected chi connectivity index (χ3v) is 3.07. The quantitative estimate of drug-likeness (QED) is 0.780. The van der Waals surface area contributed by atoms with Gasteiger partial charge >= 0.3 is 0 Å². The molecule has 0 amide bonds. The van der Waals surface area contributed by atoms with Gasteiger partial charge in [-0.1, -0.05) is 44.2 Å². The maximum Gasteiger partial charge on any atom is 0.144 e. The average Bonchev–Trinajstić information content (AvgIpc) is 2.40. The lowest BCUT2D eigenvalue weighted by atomic mass is 9.85. The Morgan fingerprint density at radius 2 is 1.88 bits per heavy atom. The Balaban J connectivity index is 2.26. The first-order chi connectivity index (χ1) is 7.59. The molecule has 1 aliphatic rings. The molecule has 0 unspecified atom stereocenters. The van der Waals surface area contributed by atoms with Crippen LogP contribution in [0.25, 0.3) is 5.57 Å². The topological polar surface area (TPSA) is 29.1 Å². The molecule has 0 saturated carbocycles. The minimum Gasteiger partial charge on any atom is -0.390 e.